The number of carbonyl (C=O) groups excluding carboxylic acids is 1. The molecule has 1 saturated heterocycles. The Bertz CT molecular complexity index is 1240. The highest BCUT2D eigenvalue weighted by Crippen LogP contribution is 2.31. The number of alkyl halides is 3. The molecule has 0 aliphatic carbocycles. The van der Waals surface area contributed by atoms with Crippen LogP contribution in [0.4, 0.5) is 22.0 Å². The molecule has 0 bridgehead atoms. The van der Waals surface area contributed by atoms with Crippen LogP contribution in [0, 0.1) is 11.6 Å². The molecule has 0 atom stereocenters. The minimum Gasteiger partial charge on any atom is -0.348 e. The molecule has 1 N–H and O–H groups in total. The molecule has 6 nitrogen and oxygen atoms in total. The quantitative estimate of drug-likeness (QED) is 0.502. The summed E-state index contributed by atoms with van der Waals surface area (Å²) in [5.41, 5.74) is -0.414. The van der Waals surface area contributed by atoms with Gasteiger partial charge < -0.3 is 10.2 Å². The highest BCUT2D eigenvalue weighted by molar-refractivity contribution is 5.93. The number of halogens is 5. The first kappa shape index (κ1) is 25.6. The molecule has 36 heavy (non-hydrogen) atoms. The number of pyridine rings is 1. The maximum Gasteiger partial charge on any atom is 0.417 e. The molecule has 0 radical (unpaired) electrons. The van der Waals surface area contributed by atoms with E-state index in [4.69, 9.17) is 0 Å². The van der Waals surface area contributed by atoms with Crippen molar-refractivity contribution in [2.24, 2.45) is 0 Å². The number of benzene rings is 1. The number of nitrogens with zero attached hydrogens (tertiary/aromatic N) is 4. The first-order valence-electron chi connectivity index (χ1n) is 11.4. The molecule has 3 heterocycles. The average molecular weight is 505 g/mol. The Kier molecular flexibility index (Phi) is 7.58. The van der Waals surface area contributed by atoms with Crippen molar-refractivity contribution in [1.29, 1.82) is 0 Å². The summed E-state index contributed by atoms with van der Waals surface area (Å²) in [6, 6.07) is 5.48. The van der Waals surface area contributed by atoms with Gasteiger partial charge in [0.05, 0.1) is 5.56 Å². The molecule has 3 aromatic rings. The van der Waals surface area contributed by atoms with E-state index in [9.17, 15) is 26.7 Å². The zero-order valence-corrected chi connectivity index (χ0v) is 19.4. The van der Waals surface area contributed by atoms with Crippen LogP contribution in [-0.2, 0) is 19.0 Å². The predicted molar refractivity (Wildman–Crippen MR) is 122 cm³/mol. The van der Waals surface area contributed by atoms with Gasteiger partial charge in [-0.05, 0) is 69.6 Å². The van der Waals surface area contributed by atoms with Crippen molar-refractivity contribution in [3.05, 3.63) is 76.9 Å². The van der Waals surface area contributed by atoms with Crippen molar-refractivity contribution >= 4 is 5.91 Å². The molecule has 0 spiro atoms. The smallest absolute Gasteiger partial charge is 0.348 e. The predicted octanol–water partition coefficient (Wildman–Crippen LogP) is 4.44. The summed E-state index contributed by atoms with van der Waals surface area (Å²) in [6.45, 7) is 1.65. The summed E-state index contributed by atoms with van der Waals surface area (Å²) < 4.78 is 67.0. The van der Waals surface area contributed by atoms with E-state index in [1.54, 1.807) is 0 Å². The topological polar surface area (TPSA) is 71.0 Å². The number of piperidine rings is 1. The fourth-order valence-electron chi connectivity index (χ4n) is 3.99. The molecule has 11 heteroatoms. The van der Waals surface area contributed by atoms with Crippen LogP contribution in [0.2, 0.25) is 0 Å². The van der Waals surface area contributed by atoms with E-state index >= 15 is 0 Å². The third-order valence-corrected chi connectivity index (χ3v) is 6.05. The minimum atomic E-state index is -4.62. The third kappa shape index (κ3) is 6.39. The average Bonchev–Trinajstić information content (AvgIpc) is 2.84. The molecule has 1 fully saturated rings. The number of carbonyl (C=O) groups is 1. The Labute approximate surface area is 204 Å². The standard InChI is InChI=1S/C25H24F5N5O/c1-35-8-6-19(7-9-35)33-24(36)22-12-20(5-3-15-2-4-18(26)11-21(15)27)32-23(34-22)16-10-17(14-31-13-16)25(28,29)30/h2,4,10-14,19H,3,5-9H2,1H3,(H,33,36). The van der Waals surface area contributed by atoms with Crippen molar-refractivity contribution < 1.29 is 26.7 Å². The van der Waals surface area contributed by atoms with Crippen LogP contribution in [0.15, 0.2) is 42.7 Å². The summed E-state index contributed by atoms with van der Waals surface area (Å²) in [5, 5.41) is 2.93. The molecule has 1 aromatic carbocycles. The summed E-state index contributed by atoms with van der Waals surface area (Å²) in [5.74, 6) is -1.99. The molecular weight excluding hydrogens is 481 g/mol. The Morgan fingerprint density at radius 1 is 1.06 bits per heavy atom. The Morgan fingerprint density at radius 2 is 1.81 bits per heavy atom. The maximum absolute atomic E-state index is 14.1. The van der Waals surface area contributed by atoms with Crippen LogP contribution in [0.25, 0.3) is 11.4 Å². The second-order valence-corrected chi connectivity index (χ2v) is 8.81. The van der Waals surface area contributed by atoms with Crippen molar-refractivity contribution in [1.82, 2.24) is 25.2 Å². The lowest BCUT2D eigenvalue weighted by molar-refractivity contribution is -0.137. The lowest BCUT2D eigenvalue weighted by Gasteiger charge is -2.29. The first-order chi connectivity index (χ1) is 17.1. The van der Waals surface area contributed by atoms with Crippen LogP contribution < -0.4 is 5.32 Å². The number of likely N-dealkylation sites (tertiary alicyclic amines) is 1. The monoisotopic (exact) mass is 505 g/mol. The molecule has 1 aliphatic rings. The van der Waals surface area contributed by atoms with Gasteiger partial charge in [0.1, 0.15) is 17.3 Å². The van der Waals surface area contributed by atoms with Gasteiger partial charge in [-0.2, -0.15) is 13.2 Å². The van der Waals surface area contributed by atoms with E-state index in [-0.39, 0.29) is 41.5 Å². The number of aryl methyl sites for hydroxylation is 2. The molecular formula is C25H24F5N5O. The van der Waals surface area contributed by atoms with Crippen molar-refractivity contribution in [3.8, 4) is 11.4 Å². The SMILES string of the molecule is CN1CCC(NC(=O)c2cc(CCc3ccc(F)cc3F)nc(-c3cncc(C(F)(F)F)c3)n2)CC1. The van der Waals surface area contributed by atoms with Crippen LogP contribution in [0.1, 0.15) is 40.2 Å². The highest BCUT2D eigenvalue weighted by Gasteiger charge is 2.31. The summed E-state index contributed by atoms with van der Waals surface area (Å²) >= 11 is 0. The van der Waals surface area contributed by atoms with E-state index in [0.29, 0.717) is 11.9 Å². The van der Waals surface area contributed by atoms with Crippen molar-refractivity contribution in [2.45, 2.75) is 37.9 Å². The summed E-state index contributed by atoms with van der Waals surface area (Å²) in [4.78, 5) is 27.4. The molecule has 4 rings (SSSR count). The van der Waals surface area contributed by atoms with E-state index in [2.05, 4.69) is 25.2 Å². The number of rotatable bonds is 6. The van der Waals surface area contributed by atoms with Gasteiger partial charge in [0, 0.05) is 35.8 Å². The van der Waals surface area contributed by atoms with Gasteiger partial charge in [0.15, 0.2) is 5.82 Å². The van der Waals surface area contributed by atoms with Gasteiger partial charge >= 0.3 is 6.18 Å². The Morgan fingerprint density at radius 3 is 2.50 bits per heavy atom. The lowest BCUT2D eigenvalue weighted by Crippen LogP contribution is -2.43. The van der Waals surface area contributed by atoms with Gasteiger partial charge in [-0.3, -0.25) is 9.78 Å². The molecule has 2 aromatic heterocycles. The zero-order chi connectivity index (χ0) is 25.9. The third-order valence-electron chi connectivity index (χ3n) is 6.05. The Balaban J connectivity index is 1.64. The number of aromatic nitrogens is 3. The first-order valence-corrected chi connectivity index (χ1v) is 11.4. The zero-order valence-electron chi connectivity index (χ0n) is 19.4. The van der Waals surface area contributed by atoms with E-state index in [1.807, 2.05) is 7.05 Å². The Hall–Kier alpha value is -3.47. The number of hydrogen-bond donors (Lipinski definition) is 1. The van der Waals surface area contributed by atoms with Gasteiger partial charge in [-0.15, -0.1) is 0 Å². The van der Waals surface area contributed by atoms with Crippen LogP contribution in [-0.4, -0.2) is 51.9 Å². The molecule has 0 saturated carbocycles. The number of amides is 1. The number of hydrogen-bond acceptors (Lipinski definition) is 5. The van der Waals surface area contributed by atoms with E-state index < -0.39 is 29.3 Å². The summed E-state index contributed by atoms with van der Waals surface area (Å²) in [6.07, 6.45) is -0.929. The van der Waals surface area contributed by atoms with Crippen molar-refractivity contribution in [2.75, 3.05) is 20.1 Å². The largest absolute Gasteiger partial charge is 0.417 e. The summed E-state index contributed by atoms with van der Waals surface area (Å²) in [7, 11) is 1.99. The van der Waals surface area contributed by atoms with Crippen LogP contribution in [0.3, 0.4) is 0 Å². The van der Waals surface area contributed by atoms with Gasteiger partial charge in [0.2, 0.25) is 0 Å². The second-order valence-electron chi connectivity index (χ2n) is 8.81. The van der Waals surface area contributed by atoms with Crippen molar-refractivity contribution in [3.63, 3.8) is 0 Å². The minimum absolute atomic E-state index is 0.00650. The van der Waals surface area contributed by atoms with Crippen LogP contribution >= 0.6 is 0 Å². The lowest BCUT2D eigenvalue weighted by atomic mass is 10.0. The fraction of sp³-hybridized carbons (Fsp3) is 0.360. The molecule has 1 aliphatic heterocycles. The maximum atomic E-state index is 14.1. The van der Waals surface area contributed by atoms with Gasteiger partial charge in [-0.25, -0.2) is 18.7 Å². The molecule has 190 valence electrons. The normalized spacial score (nSPS) is 15.2. The molecule has 1 amide bonds. The van der Waals surface area contributed by atoms with E-state index in [0.717, 1.165) is 44.1 Å². The van der Waals surface area contributed by atoms with Gasteiger partial charge in [0.25, 0.3) is 5.91 Å². The van der Waals surface area contributed by atoms with Crippen LogP contribution in [0.5, 0.6) is 0 Å². The highest BCUT2D eigenvalue weighted by atomic mass is 19.4. The second kappa shape index (κ2) is 10.7. The fourth-order valence-corrected chi connectivity index (χ4v) is 3.99. The number of nitrogens with one attached hydrogen (secondary N) is 1. The van der Waals surface area contributed by atoms with Gasteiger partial charge in [-0.1, -0.05) is 6.07 Å². The molecule has 0 unspecified atom stereocenters. The van der Waals surface area contributed by atoms with E-state index in [1.165, 1.54) is 18.3 Å².